The molecular formula is C28H41NO8. The molecule has 1 fully saturated rings. The Balaban J connectivity index is 2.84. The third kappa shape index (κ3) is 6.89. The molecule has 1 aromatic rings. The SMILES string of the molecule is CC(C)(C)OC(=O)[C@@H](Cc1ccccc1)N1C(=O)CC(C)(O)C1(C(=O)OC(C)(C)C)C(=O)OC(C)(C)C. The molecule has 0 aromatic heterocycles. The average molecular weight is 520 g/mol. The molecule has 1 aliphatic rings. The van der Waals surface area contributed by atoms with E-state index in [0.29, 0.717) is 5.56 Å². The second-order valence-corrected chi connectivity index (χ2v) is 12.7. The van der Waals surface area contributed by atoms with Gasteiger partial charge in [-0.1, -0.05) is 30.3 Å². The first-order chi connectivity index (χ1) is 16.6. The van der Waals surface area contributed by atoms with E-state index in [4.69, 9.17) is 14.2 Å². The van der Waals surface area contributed by atoms with E-state index < -0.39 is 64.2 Å². The molecule has 0 spiro atoms. The van der Waals surface area contributed by atoms with Crippen LogP contribution >= 0.6 is 0 Å². The predicted molar refractivity (Wildman–Crippen MR) is 136 cm³/mol. The van der Waals surface area contributed by atoms with E-state index in [1.807, 2.05) is 0 Å². The molecule has 0 saturated carbocycles. The molecular weight excluding hydrogens is 478 g/mol. The summed E-state index contributed by atoms with van der Waals surface area (Å²) in [5, 5.41) is 11.6. The fourth-order valence-electron chi connectivity index (χ4n) is 4.27. The Kier molecular flexibility index (Phi) is 8.25. The molecule has 1 aliphatic heterocycles. The molecule has 1 unspecified atom stereocenters. The average Bonchev–Trinajstić information content (AvgIpc) is 2.88. The van der Waals surface area contributed by atoms with Crippen LogP contribution in [0.3, 0.4) is 0 Å². The van der Waals surface area contributed by atoms with Crippen molar-refractivity contribution in [1.29, 1.82) is 0 Å². The second kappa shape index (κ2) is 10.1. The highest BCUT2D eigenvalue weighted by atomic mass is 16.6. The number of aliphatic hydroxyl groups is 1. The normalized spacial score (nSPS) is 20.8. The lowest BCUT2D eigenvalue weighted by molar-refractivity contribution is -0.204. The highest BCUT2D eigenvalue weighted by molar-refractivity contribution is 6.13. The van der Waals surface area contributed by atoms with Crippen molar-refractivity contribution >= 4 is 23.8 Å². The lowest BCUT2D eigenvalue weighted by Gasteiger charge is -2.45. The van der Waals surface area contributed by atoms with Gasteiger partial charge in [-0.15, -0.1) is 0 Å². The smallest absolute Gasteiger partial charge is 0.347 e. The van der Waals surface area contributed by atoms with E-state index >= 15 is 0 Å². The monoisotopic (exact) mass is 519 g/mol. The minimum atomic E-state index is -2.67. The van der Waals surface area contributed by atoms with Crippen LogP contribution in [-0.2, 0) is 39.8 Å². The van der Waals surface area contributed by atoms with Crippen molar-refractivity contribution < 1.29 is 38.5 Å². The van der Waals surface area contributed by atoms with Gasteiger partial charge in [0.15, 0.2) is 0 Å². The molecule has 2 atom stereocenters. The number of esters is 3. The van der Waals surface area contributed by atoms with Crippen LogP contribution in [0.15, 0.2) is 30.3 Å². The maximum absolute atomic E-state index is 13.9. The van der Waals surface area contributed by atoms with Crippen LogP contribution in [0.25, 0.3) is 0 Å². The minimum absolute atomic E-state index is 0.0785. The van der Waals surface area contributed by atoms with E-state index in [0.717, 1.165) is 4.90 Å². The van der Waals surface area contributed by atoms with Crippen LogP contribution in [0.4, 0.5) is 0 Å². The predicted octanol–water partition coefficient (Wildman–Crippen LogP) is 3.34. The topological polar surface area (TPSA) is 119 Å². The van der Waals surface area contributed by atoms with Gasteiger partial charge in [-0.05, 0) is 74.8 Å². The van der Waals surface area contributed by atoms with Gasteiger partial charge in [0.2, 0.25) is 5.91 Å². The van der Waals surface area contributed by atoms with E-state index in [-0.39, 0.29) is 6.42 Å². The Morgan fingerprint density at radius 3 is 1.70 bits per heavy atom. The van der Waals surface area contributed by atoms with Gasteiger partial charge in [0.05, 0.1) is 6.42 Å². The van der Waals surface area contributed by atoms with Crippen molar-refractivity contribution in [3.05, 3.63) is 35.9 Å². The van der Waals surface area contributed by atoms with Crippen LogP contribution < -0.4 is 0 Å². The lowest BCUT2D eigenvalue weighted by atomic mass is 9.80. The summed E-state index contributed by atoms with van der Waals surface area (Å²) in [6.45, 7) is 15.8. The highest BCUT2D eigenvalue weighted by Crippen LogP contribution is 2.45. The number of carbonyl (C=O) groups is 4. The molecule has 1 N–H and O–H groups in total. The molecule has 0 aliphatic carbocycles. The van der Waals surface area contributed by atoms with Crippen LogP contribution in [0.1, 0.15) is 81.2 Å². The molecule has 9 heteroatoms. The number of hydrogen-bond acceptors (Lipinski definition) is 8. The number of likely N-dealkylation sites (tertiary alicyclic amines) is 1. The van der Waals surface area contributed by atoms with E-state index in [1.54, 1.807) is 92.6 Å². The van der Waals surface area contributed by atoms with Crippen LogP contribution in [-0.4, -0.2) is 67.8 Å². The molecule has 9 nitrogen and oxygen atoms in total. The van der Waals surface area contributed by atoms with Gasteiger partial charge in [-0.25, -0.2) is 14.4 Å². The first-order valence-corrected chi connectivity index (χ1v) is 12.4. The number of carbonyl (C=O) groups excluding carboxylic acids is 4. The lowest BCUT2D eigenvalue weighted by Crippen LogP contribution is -2.72. The van der Waals surface area contributed by atoms with Gasteiger partial charge in [0, 0.05) is 6.42 Å². The van der Waals surface area contributed by atoms with Crippen molar-refractivity contribution in [2.24, 2.45) is 0 Å². The third-order valence-corrected chi connectivity index (χ3v) is 5.56. The highest BCUT2D eigenvalue weighted by Gasteiger charge is 2.74. The van der Waals surface area contributed by atoms with Gasteiger partial charge in [-0.3, -0.25) is 4.79 Å². The number of hydrogen-bond donors (Lipinski definition) is 1. The zero-order valence-electron chi connectivity index (χ0n) is 23.6. The minimum Gasteiger partial charge on any atom is -0.458 e. The molecule has 1 saturated heterocycles. The van der Waals surface area contributed by atoms with Gasteiger partial charge < -0.3 is 24.2 Å². The van der Waals surface area contributed by atoms with Crippen molar-refractivity contribution in [2.75, 3.05) is 0 Å². The fraction of sp³-hybridized carbons (Fsp3) is 0.643. The number of ether oxygens (including phenoxy) is 3. The largest absolute Gasteiger partial charge is 0.458 e. The van der Waals surface area contributed by atoms with E-state index in [1.165, 1.54) is 6.92 Å². The summed E-state index contributed by atoms with van der Waals surface area (Å²) < 4.78 is 16.9. The summed E-state index contributed by atoms with van der Waals surface area (Å²) in [5.41, 5.74) is -7.37. The van der Waals surface area contributed by atoms with E-state index in [2.05, 4.69) is 0 Å². The van der Waals surface area contributed by atoms with Crippen molar-refractivity contribution in [2.45, 2.75) is 116 Å². The molecule has 1 amide bonds. The van der Waals surface area contributed by atoms with Crippen molar-refractivity contribution in [1.82, 2.24) is 4.90 Å². The van der Waals surface area contributed by atoms with Gasteiger partial charge in [0.1, 0.15) is 28.4 Å². The summed E-state index contributed by atoms with van der Waals surface area (Å²) in [4.78, 5) is 55.9. The third-order valence-electron chi connectivity index (χ3n) is 5.56. The van der Waals surface area contributed by atoms with Gasteiger partial charge in [-0.2, -0.15) is 0 Å². The maximum atomic E-state index is 13.9. The first-order valence-electron chi connectivity index (χ1n) is 12.4. The summed E-state index contributed by atoms with van der Waals surface area (Å²) in [7, 11) is 0. The fourth-order valence-corrected chi connectivity index (χ4v) is 4.27. The zero-order chi connectivity index (χ0) is 28.6. The van der Waals surface area contributed by atoms with Crippen LogP contribution in [0.2, 0.25) is 0 Å². The van der Waals surface area contributed by atoms with Gasteiger partial charge in [0.25, 0.3) is 5.54 Å². The number of nitrogens with zero attached hydrogens (tertiary/aromatic N) is 1. The Morgan fingerprint density at radius 2 is 1.30 bits per heavy atom. The Labute approximate surface area is 219 Å². The molecule has 206 valence electrons. The summed E-state index contributed by atoms with van der Waals surface area (Å²) in [5.74, 6) is -3.99. The number of amides is 1. The maximum Gasteiger partial charge on any atom is 0.347 e. The first kappa shape index (κ1) is 30.3. The molecule has 1 aromatic carbocycles. The second-order valence-electron chi connectivity index (χ2n) is 12.7. The van der Waals surface area contributed by atoms with Gasteiger partial charge >= 0.3 is 17.9 Å². The van der Waals surface area contributed by atoms with Crippen molar-refractivity contribution in [3.63, 3.8) is 0 Å². The van der Waals surface area contributed by atoms with Crippen LogP contribution in [0, 0.1) is 0 Å². The molecule has 1 heterocycles. The molecule has 0 radical (unpaired) electrons. The number of rotatable bonds is 6. The summed E-state index contributed by atoms with van der Waals surface area (Å²) in [6, 6.07) is 7.38. The zero-order valence-corrected chi connectivity index (χ0v) is 23.6. The standard InChI is InChI=1S/C28H41NO8/c1-24(2,3)35-21(31)19(16-18-14-12-11-13-15-18)29-20(30)17-27(10,34)28(29,22(32)36-25(4,5)6)23(33)37-26(7,8)9/h11-15,19,34H,16-17H2,1-10H3/t19-,27?/m1/s1. The molecule has 0 bridgehead atoms. The van der Waals surface area contributed by atoms with E-state index in [9.17, 15) is 24.3 Å². The molecule has 37 heavy (non-hydrogen) atoms. The quantitative estimate of drug-likeness (QED) is 0.345. The van der Waals surface area contributed by atoms with Crippen LogP contribution in [0.5, 0.6) is 0 Å². The Hall–Kier alpha value is -2.94. The van der Waals surface area contributed by atoms with Crippen molar-refractivity contribution in [3.8, 4) is 0 Å². The Morgan fingerprint density at radius 1 is 0.865 bits per heavy atom. The number of benzene rings is 1. The molecule has 2 rings (SSSR count). The Bertz CT molecular complexity index is 997. The summed E-state index contributed by atoms with van der Waals surface area (Å²) >= 11 is 0. The summed E-state index contributed by atoms with van der Waals surface area (Å²) in [6.07, 6.45) is -0.690.